The number of halogens is 1. The van der Waals surface area contributed by atoms with E-state index in [0.29, 0.717) is 28.2 Å². The topological polar surface area (TPSA) is 59.7 Å². The SMILES string of the molecule is CCN(c1cc(Cl)cc(C(=O)N(C)Cc2c(C)cc(C)[nH]c2=O)c1C)C1CCC(N(C)C)CC1. The van der Waals surface area contributed by atoms with E-state index in [4.69, 9.17) is 11.6 Å². The van der Waals surface area contributed by atoms with Crippen LogP contribution < -0.4 is 10.5 Å². The summed E-state index contributed by atoms with van der Waals surface area (Å²) >= 11 is 6.54. The molecule has 1 N–H and O–H groups in total. The van der Waals surface area contributed by atoms with E-state index in [-0.39, 0.29) is 18.0 Å². The fraction of sp³-hybridized carbons (Fsp3) is 0.556. The van der Waals surface area contributed by atoms with Crippen molar-refractivity contribution in [2.24, 2.45) is 0 Å². The summed E-state index contributed by atoms with van der Waals surface area (Å²) in [5.74, 6) is -0.131. The molecule has 0 unspecified atom stereocenters. The maximum Gasteiger partial charge on any atom is 0.254 e. The average molecular weight is 487 g/mol. The highest BCUT2D eigenvalue weighted by atomic mass is 35.5. The van der Waals surface area contributed by atoms with Gasteiger partial charge in [0.25, 0.3) is 11.5 Å². The number of amides is 1. The van der Waals surface area contributed by atoms with Gasteiger partial charge in [-0.25, -0.2) is 0 Å². The van der Waals surface area contributed by atoms with Crippen molar-refractivity contribution < 1.29 is 4.79 Å². The molecule has 6 nitrogen and oxygen atoms in total. The van der Waals surface area contributed by atoms with Gasteiger partial charge >= 0.3 is 0 Å². The van der Waals surface area contributed by atoms with Crippen molar-refractivity contribution in [1.29, 1.82) is 0 Å². The first-order chi connectivity index (χ1) is 16.0. The number of benzene rings is 1. The predicted molar refractivity (Wildman–Crippen MR) is 141 cm³/mol. The second-order valence-electron chi connectivity index (χ2n) is 9.91. The number of hydrogen-bond donors (Lipinski definition) is 1. The van der Waals surface area contributed by atoms with E-state index in [2.05, 4.69) is 35.8 Å². The summed E-state index contributed by atoms with van der Waals surface area (Å²) in [5, 5.41) is 0.558. The molecule has 7 heteroatoms. The molecular formula is C27H39ClN4O2. The molecule has 34 heavy (non-hydrogen) atoms. The zero-order valence-corrected chi connectivity index (χ0v) is 22.4. The van der Waals surface area contributed by atoms with Crippen LogP contribution in [-0.4, -0.2) is 60.5 Å². The van der Waals surface area contributed by atoms with E-state index < -0.39 is 0 Å². The predicted octanol–water partition coefficient (Wildman–Crippen LogP) is 4.92. The summed E-state index contributed by atoms with van der Waals surface area (Å²) < 4.78 is 0. The van der Waals surface area contributed by atoms with E-state index in [0.717, 1.165) is 41.9 Å². The Kier molecular flexibility index (Phi) is 8.47. The number of carbonyl (C=O) groups is 1. The highest BCUT2D eigenvalue weighted by Gasteiger charge is 2.28. The Morgan fingerprint density at radius 1 is 1.03 bits per heavy atom. The molecule has 1 saturated carbocycles. The van der Waals surface area contributed by atoms with Crippen molar-refractivity contribution in [2.45, 2.75) is 72.0 Å². The van der Waals surface area contributed by atoms with Gasteiger partial charge in [-0.05, 0) is 96.8 Å². The van der Waals surface area contributed by atoms with Crippen LogP contribution in [0.4, 0.5) is 5.69 Å². The lowest BCUT2D eigenvalue weighted by atomic mass is 9.89. The number of aromatic amines is 1. The first-order valence-electron chi connectivity index (χ1n) is 12.2. The Morgan fingerprint density at radius 2 is 1.65 bits per heavy atom. The Hall–Kier alpha value is -2.31. The number of anilines is 1. The van der Waals surface area contributed by atoms with Crippen LogP contribution in [0.25, 0.3) is 0 Å². The number of nitrogens with zero attached hydrogens (tertiary/aromatic N) is 3. The zero-order valence-electron chi connectivity index (χ0n) is 21.7. The van der Waals surface area contributed by atoms with Gasteiger partial charge in [0.1, 0.15) is 0 Å². The molecule has 1 fully saturated rings. The number of aromatic nitrogens is 1. The Balaban J connectivity index is 1.87. The minimum Gasteiger partial charge on any atom is -0.369 e. The normalized spacial score (nSPS) is 18.3. The highest BCUT2D eigenvalue weighted by molar-refractivity contribution is 6.31. The quantitative estimate of drug-likeness (QED) is 0.603. The molecular weight excluding hydrogens is 448 g/mol. The summed E-state index contributed by atoms with van der Waals surface area (Å²) in [6, 6.07) is 6.75. The van der Waals surface area contributed by atoms with Gasteiger partial charge in [-0.15, -0.1) is 0 Å². The molecule has 1 aromatic heterocycles. The van der Waals surface area contributed by atoms with Crippen molar-refractivity contribution in [1.82, 2.24) is 14.8 Å². The molecule has 186 valence electrons. The molecule has 1 aliphatic rings. The van der Waals surface area contributed by atoms with Gasteiger partial charge in [0.05, 0.1) is 6.54 Å². The van der Waals surface area contributed by atoms with Gasteiger partial charge in [-0.2, -0.15) is 0 Å². The molecule has 1 aliphatic carbocycles. The summed E-state index contributed by atoms with van der Waals surface area (Å²) in [5.41, 5.74) is 4.72. The van der Waals surface area contributed by atoms with E-state index in [1.807, 2.05) is 32.9 Å². The highest BCUT2D eigenvalue weighted by Crippen LogP contribution is 2.34. The van der Waals surface area contributed by atoms with Crippen LogP contribution in [0.5, 0.6) is 0 Å². The van der Waals surface area contributed by atoms with Crippen molar-refractivity contribution >= 4 is 23.2 Å². The number of hydrogen-bond acceptors (Lipinski definition) is 4. The molecule has 0 radical (unpaired) electrons. The smallest absolute Gasteiger partial charge is 0.254 e. The molecule has 2 aromatic rings. The van der Waals surface area contributed by atoms with Gasteiger partial charge in [-0.3, -0.25) is 9.59 Å². The Bertz CT molecular complexity index is 1090. The first-order valence-corrected chi connectivity index (χ1v) is 12.6. The van der Waals surface area contributed by atoms with Crippen LogP contribution in [-0.2, 0) is 6.54 Å². The van der Waals surface area contributed by atoms with Gasteiger partial charge in [0, 0.05) is 53.2 Å². The fourth-order valence-electron chi connectivity index (χ4n) is 5.29. The van der Waals surface area contributed by atoms with E-state index >= 15 is 0 Å². The monoisotopic (exact) mass is 486 g/mol. The Labute approximate surface area is 208 Å². The van der Waals surface area contributed by atoms with Crippen LogP contribution in [0.15, 0.2) is 23.0 Å². The summed E-state index contributed by atoms with van der Waals surface area (Å²) in [6.45, 7) is 9.04. The van der Waals surface area contributed by atoms with Crippen molar-refractivity contribution in [3.05, 3.63) is 61.5 Å². The molecule has 1 heterocycles. The molecule has 0 atom stereocenters. The summed E-state index contributed by atoms with van der Waals surface area (Å²) in [6.07, 6.45) is 4.60. The number of carbonyl (C=O) groups excluding carboxylic acids is 1. The lowest BCUT2D eigenvalue weighted by Gasteiger charge is -2.40. The van der Waals surface area contributed by atoms with Gasteiger partial charge < -0.3 is 19.7 Å². The second kappa shape index (κ2) is 11.0. The van der Waals surface area contributed by atoms with Crippen molar-refractivity contribution in [3.63, 3.8) is 0 Å². The molecule has 1 aromatic carbocycles. The van der Waals surface area contributed by atoms with Gasteiger partial charge in [0.2, 0.25) is 0 Å². The molecule has 1 amide bonds. The minimum atomic E-state index is -0.147. The lowest BCUT2D eigenvalue weighted by Crippen LogP contribution is -2.42. The van der Waals surface area contributed by atoms with E-state index in [1.54, 1.807) is 18.0 Å². The first kappa shape index (κ1) is 26.3. The molecule has 0 bridgehead atoms. The van der Waals surface area contributed by atoms with Crippen molar-refractivity contribution in [3.8, 4) is 0 Å². The third-order valence-corrected chi connectivity index (χ3v) is 7.52. The second-order valence-corrected chi connectivity index (χ2v) is 10.4. The summed E-state index contributed by atoms with van der Waals surface area (Å²) in [7, 11) is 6.05. The van der Waals surface area contributed by atoms with Gasteiger partial charge in [-0.1, -0.05) is 11.6 Å². The number of pyridine rings is 1. The lowest BCUT2D eigenvalue weighted by molar-refractivity contribution is 0.0783. The number of rotatable bonds is 7. The van der Waals surface area contributed by atoms with Crippen molar-refractivity contribution in [2.75, 3.05) is 32.6 Å². The molecule has 3 rings (SSSR count). The third-order valence-electron chi connectivity index (χ3n) is 7.30. The third kappa shape index (κ3) is 5.66. The maximum atomic E-state index is 13.5. The minimum absolute atomic E-state index is 0.131. The molecule has 0 spiro atoms. The zero-order chi connectivity index (χ0) is 25.2. The number of nitrogens with one attached hydrogen (secondary N) is 1. The van der Waals surface area contributed by atoms with Gasteiger partial charge in [0.15, 0.2) is 0 Å². The Morgan fingerprint density at radius 3 is 2.21 bits per heavy atom. The van der Waals surface area contributed by atoms with Crippen LogP contribution in [0, 0.1) is 20.8 Å². The number of H-pyrrole nitrogens is 1. The van der Waals surface area contributed by atoms with Crippen LogP contribution in [0.2, 0.25) is 5.02 Å². The largest absolute Gasteiger partial charge is 0.369 e. The maximum absolute atomic E-state index is 13.5. The molecule has 0 aliphatic heterocycles. The fourth-order valence-corrected chi connectivity index (χ4v) is 5.50. The summed E-state index contributed by atoms with van der Waals surface area (Å²) in [4.78, 5) is 35.2. The molecule has 0 saturated heterocycles. The van der Waals surface area contributed by atoms with Crippen LogP contribution in [0.1, 0.15) is 65.3 Å². The van der Waals surface area contributed by atoms with E-state index in [9.17, 15) is 9.59 Å². The standard InChI is InChI=1S/C27H39ClN4O2/c1-8-32(22-11-9-21(10-12-22)30(5)6)25-15-20(28)14-23(19(25)4)27(34)31(7)16-24-17(2)13-18(3)29-26(24)33/h13-15,21-22H,8-12,16H2,1-7H3,(H,29,33). The van der Waals surface area contributed by atoms with Crippen LogP contribution >= 0.6 is 11.6 Å². The van der Waals surface area contributed by atoms with E-state index in [1.165, 1.54) is 12.8 Å². The average Bonchev–Trinajstić information content (AvgIpc) is 2.78. The number of aryl methyl sites for hydroxylation is 2. The van der Waals surface area contributed by atoms with Crippen LogP contribution in [0.3, 0.4) is 0 Å².